The lowest BCUT2D eigenvalue weighted by Gasteiger charge is -2.61. The smallest absolute Gasteiger partial charge is 0.0573 e. The molecular weight excluding hydrogens is 340 g/mol. The molecule has 1 heteroatoms. The first-order valence-corrected chi connectivity index (χ1v) is 13.0. The SMILES string of the molecule is CC(C)CCC[C@@H](C)[C@@H]1CC[C@@H]2[C@@H]3CC[C@H]4[C@H](O)CCC[C@]4(C)[C@H]3CC[C@]21C. The summed E-state index contributed by atoms with van der Waals surface area (Å²) in [6.07, 6.45) is 16.6. The number of hydrogen-bond donors (Lipinski definition) is 1. The van der Waals surface area contributed by atoms with E-state index in [1.807, 2.05) is 0 Å². The van der Waals surface area contributed by atoms with E-state index < -0.39 is 0 Å². The molecule has 4 aliphatic carbocycles. The van der Waals surface area contributed by atoms with Gasteiger partial charge in [-0.2, -0.15) is 0 Å². The summed E-state index contributed by atoms with van der Waals surface area (Å²) >= 11 is 0. The molecule has 0 amide bonds. The molecule has 28 heavy (non-hydrogen) atoms. The van der Waals surface area contributed by atoms with Gasteiger partial charge in [0.1, 0.15) is 0 Å². The molecular formula is C27H48O. The van der Waals surface area contributed by atoms with E-state index in [-0.39, 0.29) is 6.10 Å². The van der Waals surface area contributed by atoms with Crippen molar-refractivity contribution in [3.05, 3.63) is 0 Å². The molecule has 0 aliphatic heterocycles. The third kappa shape index (κ3) is 3.40. The lowest BCUT2D eigenvalue weighted by Crippen LogP contribution is -2.55. The molecule has 0 bridgehead atoms. The molecule has 1 N–H and O–H groups in total. The Labute approximate surface area is 175 Å². The first-order chi connectivity index (χ1) is 13.3. The summed E-state index contributed by atoms with van der Waals surface area (Å²) in [5, 5.41) is 10.7. The highest BCUT2D eigenvalue weighted by atomic mass is 16.3. The van der Waals surface area contributed by atoms with Crippen molar-refractivity contribution in [2.24, 2.45) is 52.3 Å². The van der Waals surface area contributed by atoms with Crippen molar-refractivity contribution in [2.75, 3.05) is 0 Å². The minimum absolute atomic E-state index is 0.00897. The van der Waals surface area contributed by atoms with Crippen LogP contribution in [-0.4, -0.2) is 11.2 Å². The maximum absolute atomic E-state index is 10.7. The largest absolute Gasteiger partial charge is 0.393 e. The average Bonchev–Trinajstić information content (AvgIpc) is 2.98. The maximum Gasteiger partial charge on any atom is 0.0573 e. The summed E-state index contributed by atoms with van der Waals surface area (Å²) in [6.45, 7) is 12.6. The van der Waals surface area contributed by atoms with Gasteiger partial charge in [0.15, 0.2) is 0 Å². The first-order valence-electron chi connectivity index (χ1n) is 13.0. The Balaban J connectivity index is 1.47. The summed E-state index contributed by atoms with van der Waals surface area (Å²) in [5.41, 5.74) is 1.04. The van der Waals surface area contributed by atoms with Crippen LogP contribution < -0.4 is 0 Å². The molecule has 0 unspecified atom stereocenters. The second-order valence-corrected chi connectivity index (χ2v) is 12.6. The minimum atomic E-state index is -0.00897. The number of hydrogen-bond acceptors (Lipinski definition) is 1. The van der Waals surface area contributed by atoms with Crippen molar-refractivity contribution in [1.82, 2.24) is 0 Å². The standard InChI is InChI=1S/C27H48O/c1-18(2)8-6-9-19(3)21-13-14-22-20-11-12-24-25(28)10-7-16-26(24,4)23(20)15-17-27(21,22)5/h18-25,28H,6-17H2,1-5H3/t19-,20+,21+,22-,23+,24+,25-,26-,27+/m1/s1. The zero-order valence-corrected chi connectivity index (χ0v) is 19.6. The normalized spacial score (nSPS) is 49.4. The second kappa shape index (κ2) is 7.90. The number of fused-ring (bicyclic) bond motifs is 5. The molecule has 0 aromatic heterocycles. The number of aliphatic hydroxyl groups is 1. The van der Waals surface area contributed by atoms with Crippen LogP contribution in [0.25, 0.3) is 0 Å². The molecule has 0 saturated heterocycles. The summed E-state index contributed by atoms with van der Waals surface area (Å²) in [4.78, 5) is 0. The highest BCUT2D eigenvalue weighted by molar-refractivity contribution is 5.10. The Kier molecular flexibility index (Phi) is 5.98. The van der Waals surface area contributed by atoms with Crippen LogP contribution >= 0.6 is 0 Å². The average molecular weight is 389 g/mol. The Morgan fingerprint density at radius 1 is 0.786 bits per heavy atom. The third-order valence-electron chi connectivity index (χ3n) is 10.8. The molecule has 4 aliphatic rings. The summed E-state index contributed by atoms with van der Waals surface area (Å²) in [5.74, 6) is 6.16. The second-order valence-electron chi connectivity index (χ2n) is 12.6. The van der Waals surface area contributed by atoms with E-state index in [1.54, 1.807) is 0 Å². The molecule has 4 fully saturated rings. The molecule has 4 saturated carbocycles. The van der Waals surface area contributed by atoms with Crippen LogP contribution in [0.5, 0.6) is 0 Å². The van der Waals surface area contributed by atoms with Gasteiger partial charge < -0.3 is 5.11 Å². The lowest BCUT2D eigenvalue weighted by molar-refractivity contribution is -0.145. The van der Waals surface area contributed by atoms with Crippen LogP contribution in [0.15, 0.2) is 0 Å². The van der Waals surface area contributed by atoms with Crippen LogP contribution in [0, 0.1) is 52.3 Å². The van der Waals surface area contributed by atoms with Crippen LogP contribution in [0.4, 0.5) is 0 Å². The van der Waals surface area contributed by atoms with Gasteiger partial charge in [-0.1, -0.05) is 60.3 Å². The Bertz CT molecular complexity index is 540. The van der Waals surface area contributed by atoms with Crippen molar-refractivity contribution >= 4 is 0 Å². The van der Waals surface area contributed by atoms with E-state index in [9.17, 15) is 5.11 Å². The molecule has 9 atom stereocenters. The maximum atomic E-state index is 10.7. The fourth-order valence-electron chi connectivity index (χ4n) is 9.41. The molecule has 0 heterocycles. The molecule has 0 radical (unpaired) electrons. The molecule has 0 aromatic rings. The van der Waals surface area contributed by atoms with E-state index in [0.717, 1.165) is 41.9 Å². The van der Waals surface area contributed by atoms with E-state index >= 15 is 0 Å². The zero-order chi connectivity index (χ0) is 20.1. The fourth-order valence-corrected chi connectivity index (χ4v) is 9.41. The Morgan fingerprint density at radius 3 is 2.25 bits per heavy atom. The number of aliphatic hydroxyl groups excluding tert-OH is 1. The van der Waals surface area contributed by atoms with Crippen molar-refractivity contribution in [1.29, 1.82) is 0 Å². The molecule has 162 valence electrons. The lowest BCUT2D eigenvalue weighted by atomic mass is 9.44. The van der Waals surface area contributed by atoms with Gasteiger partial charge in [0.25, 0.3) is 0 Å². The van der Waals surface area contributed by atoms with Gasteiger partial charge in [-0.15, -0.1) is 0 Å². The van der Waals surface area contributed by atoms with E-state index in [2.05, 4.69) is 34.6 Å². The van der Waals surface area contributed by atoms with E-state index in [0.29, 0.717) is 16.7 Å². The van der Waals surface area contributed by atoms with Crippen LogP contribution in [-0.2, 0) is 0 Å². The third-order valence-corrected chi connectivity index (χ3v) is 10.8. The van der Waals surface area contributed by atoms with Crippen molar-refractivity contribution in [2.45, 2.75) is 118 Å². The Hall–Kier alpha value is -0.0400. The van der Waals surface area contributed by atoms with Crippen molar-refractivity contribution in [3.8, 4) is 0 Å². The van der Waals surface area contributed by atoms with Crippen molar-refractivity contribution < 1.29 is 5.11 Å². The van der Waals surface area contributed by atoms with Gasteiger partial charge >= 0.3 is 0 Å². The monoisotopic (exact) mass is 388 g/mol. The quantitative estimate of drug-likeness (QED) is 0.518. The number of rotatable bonds is 5. The minimum Gasteiger partial charge on any atom is -0.393 e. The highest BCUT2D eigenvalue weighted by Crippen LogP contribution is 2.68. The van der Waals surface area contributed by atoms with Gasteiger partial charge in [0, 0.05) is 0 Å². The molecule has 0 aromatic carbocycles. The van der Waals surface area contributed by atoms with Crippen LogP contribution in [0.2, 0.25) is 0 Å². The van der Waals surface area contributed by atoms with Gasteiger partial charge in [-0.3, -0.25) is 0 Å². The summed E-state index contributed by atoms with van der Waals surface area (Å²) in [6, 6.07) is 0. The predicted molar refractivity (Wildman–Crippen MR) is 119 cm³/mol. The predicted octanol–water partition coefficient (Wildman–Crippen LogP) is 7.47. The van der Waals surface area contributed by atoms with Crippen LogP contribution in [0.1, 0.15) is 112 Å². The Morgan fingerprint density at radius 2 is 1.50 bits per heavy atom. The molecule has 0 spiro atoms. The van der Waals surface area contributed by atoms with Gasteiger partial charge in [0.2, 0.25) is 0 Å². The van der Waals surface area contributed by atoms with Gasteiger partial charge in [-0.25, -0.2) is 0 Å². The van der Waals surface area contributed by atoms with E-state index in [4.69, 9.17) is 0 Å². The molecule has 1 nitrogen and oxygen atoms in total. The highest BCUT2D eigenvalue weighted by Gasteiger charge is 2.61. The first kappa shape index (κ1) is 21.2. The van der Waals surface area contributed by atoms with Crippen molar-refractivity contribution in [3.63, 3.8) is 0 Å². The summed E-state index contributed by atoms with van der Waals surface area (Å²) in [7, 11) is 0. The van der Waals surface area contributed by atoms with Gasteiger partial charge in [0.05, 0.1) is 6.10 Å². The fraction of sp³-hybridized carbons (Fsp3) is 1.00. The topological polar surface area (TPSA) is 20.2 Å². The zero-order valence-electron chi connectivity index (χ0n) is 19.6. The van der Waals surface area contributed by atoms with Gasteiger partial charge in [-0.05, 0) is 104 Å². The van der Waals surface area contributed by atoms with Crippen LogP contribution in [0.3, 0.4) is 0 Å². The summed E-state index contributed by atoms with van der Waals surface area (Å²) < 4.78 is 0. The van der Waals surface area contributed by atoms with E-state index in [1.165, 1.54) is 70.6 Å². The molecule has 4 rings (SSSR count).